The van der Waals surface area contributed by atoms with Gasteiger partial charge in [0.15, 0.2) is 0 Å². The molecule has 0 aromatic carbocycles. The maximum Gasteiger partial charge on any atom is 0.244 e. The SMILES string of the molecule is OC1(c2cnoc2)OCN=C1c1cnoc1. The molecule has 82 valence electrons. The standard InChI is InChI=1S/C9H7N3O4/c13-9(7-2-12-16-4-7)8(10-5-14-9)6-1-11-15-3-6/h1-4,13H,5H2. The average Bonchev–Trinajstić information content (AvgIpc) is 2.99. The van der Waals surface area contributed by atoms with Crippen LogP contribution in [0.5, 0.6) is 0 Å². The van der Waals surface area contributed by atoms with Gasteiger partial charge in [0.2, 0.25) is 5.79 Å². The zero-order valence-electron chi connectivity index (χ0n) is 8.03. The normalized spacial score (nSPS) is 24.7. The average molecular weight is 221 g/mol. The molecule has 0 fully saturated rings. The Bertz CT molecular complexity index is 505. The van der Waals surface area contributed by atoms with E-state index in [1.807, 2.05) is 0 Å². The predicted molar refractivity (Wildman–Crippen MR) is 49.4 cm³/mol. The summed E-state index contributed by atoms with van der Waals surface area (Å²) in [5.41, 5.74) is 1.27. The first-order valence-electron chi connectivity index (χ1n) is 4.51. The van der Waals surface area contributed by atoms with Crippen LogP contribution in [-0.2, 0) is 10.5 Å². The number of hydrogen-bond donors (Lipinski definition) is 1. The molecule has 0 aliphatic carbocycles. The Morgan fingerprint density at radius 2 is 2.00 bits per heavy atom. The fraction of sp³-hybridized carbons (Fsp3) is 0.222. The van der Waals surface area contributed by atoms with Crippen LogP contribution in [0.2, 0.25) is 0 Å². The lowest BCUT2D eigenvalue weighted by Crippen LogP contribution is -2.34. The van der Waals surface area contributed by atoms with Crippen LogP contribution in [0, 0.1) is 0 Å². The van der Waals surface area contributed by atoms with E-state index in [4.69, 9.17) is 9.26 Å². The maximum atomic E-state index is 10.4. The van der Waals surface area contributed by atoms with E-state index in [0.717, 1.165) is 0 Å². The highest BCUT2D eigenvalue weighted by atomic mass is 16.6. The number of ether oxygens (including phenoxy) is 1. The van der Waals surface area contributed by atoms with E-state index in [2.05, 4.69) is 19.8 Å². The summed E-state index contributed by atoms with van der Waals surface area (Å²) >= 11 is 0. The monoisotopic (exact) mass is 221 g/mol. The third-order valence-electron chi connectivity index (χ3n) is 2.35. The molecule has 0 saturated heterocycles. The van der Waals surface area contributed by atoms with Crippen LogP contribution in [0.15, 0.2) is 39.0 Å². The quantitative estimate of drug-likeness (QED) is 0.782. The molecule has 2 aromatic heterocycles. The topological polar surface area (TPSA) is 93.9 Å². The van der Waals surface area contributed by atoms with Crippen LogP contribution < -0.4 is 0 Å². The minimum atomic E-state index is -1.65. The second-order valence-corrected chi connectivity index (χ2v) is 3.25. The molecule has 1 atom stereocenters. The first-order valence-corrected chi connectivity index (χ1v) is 4.51. The number of aliphatic imine (C=N–C) groups is 1. The smallest absolute Gasteiger partial charge is 0.244 e. The molecule has 0 saturated carbocycles. The van der Waals surface area contributed by atoms with Crippen molar-refractivity contribution < 1.29 is 18.9 Å². The highest BCUT2D eigenvalue weighted by molar-refractivity contribution is 6.06. The Hall–Kier alpha value is -1.99. The number of aliphatic hydroxyl groups is 1. The zero-order chi connectivity index (χ0) is 11.0. The van der Waals surface area contributed by atoms with E-state index >= 15 is 0 Å². The molecule has 0 radical (unpaired) electrons. The first kappa shape index (κ1) is 9.25. The van der Waals surface area contributed by atoms with Gasteiger partial charge in [-0.2, -0.15) is 0 Å². The Balaban J connectivity index is 2.06. The van der Waals surface area contributed by atoms with Gasteiger partial charge in [-0.1, -0.05) is 10.3 Å². The molecule has 1 N–H and O–H groups in total. The van der Waals surface area contributed by atoms with E-state index in [0.29, 0.717) is 16.8 Å². The highest BCUT2D eigenvalue weighted by Crippen LogP contribution is 2.31. The molecule has 7 nitrogen and oxygen atoms in total. The van der Waals surface area contributed by atoms with E-state index in [9.17, 15) is 5.11 Å². The van der Waals surface area contributed by atoms with Crippen LogP contribution >= 0.6 is 0 Å². The van der Waals surface area contributed by atoms with Crippen molar-refractivity contribution in [3.8, 4) is 0 Å². The van der Waals surface area contributed by atoms with Crippen LogP contribution in [0.1, 0.15) is 11.1 Å². The minimum Gasteiger partial charge on any atom is -0.364 e. The van der Waals surface area contributed by atoms with Gasteiger partial charge in [-0.05, 0) is 0 Å². The summed E-state index contributed by atoms with van der Waals surface area (Å²) in [6.07, 6.45) is 5.50. The third-order valence-corrected chi connectivity index (χ3v) is 2.35. The lowest BCUT2D eigenvalue weighted by Gasteiger charge is -2.20. The zero-order valence-corrected chi connectivity index (χ0v) is 8.03. The molecule has 0 spiro atoms. The summed E-state index contributed by atoms with van der Waals surface area (Å²) in [7, 11) is 0. The van der Waals surface area contributed by atoms with Gasteiger partial charge in [0.25, 0.3) is 0 Å². The third kappa shape index (κ3) is 1.19. The van der Waals surface area contributed by atoms with Crippen molar-refractivity contribution >= 4 is 5.71 Å². The lowest BCUT2D eigenvalue weighted by atomic mass is 10.0. The molecule has 3 heterocycles. The fourth-order valence-electron chi connectivity index (χ4n) is 1.57. The van der Waals surface area contributed by atoms with Crippen molar-refractivity contribution in [1.82, 2.24) is 10.3 Å². The van der Waals surface area contributed by atoms with Crippen molar-refractivity contribution in [3.05, 3.63) is 36.0 Å². The van der Waals surface area contributed by atoms with Crippen molar-refractivity contribution in [1.29, 1.82) is 0 Å². The van der Waals surface area contributed by atoms with Crippen molar-refractivity contribution in [2.75, 3.05) is 6.73 Å². The van der Waals surface area contributed by atoms with Crippen molar-refractivity contribution in [3.63, 3.8) is 0 Å². The molecule has 2 aromatic rings. The van der Waals surface area contributed by atoms with Gasteiger partial charge < -0.3 is 18.9 Å². The van der Waals surface area contributed by atoms with Gasteiger partial charge in [0.1, 0.15) is 25.0 Å². The summed E-state index contributed by atoms with van der Waals surface area (Å²) in [6, 6.07) is 0. The summed E-state index contributed by atoms with van der Waals surface area (Å²) in [5, 5.41) is 17.4. The molecule has 1 aliphatic heterocycles. The Kier molecular flexibility index (Phi) is 1.88. The Morgan fingerprint density at radius 1 is 1.19 bits per heavy atom. The summed E-state index contributed by atoms with van der Waals surface area (Å²) in [6.45, 7) is 0.0577. The van der Waals surface area contributed by atoms with E-state index in [1.54, 1.807) is 0 Å². The van der Waals surface area contributed by atoms with Gasteiger partial charge in [-0.3, -0.25) is 4.99 Å². The second-order valence-electron chi connectivity index (χ2n) is 3.25. The summed E-state index contributed by atoms with van der Waals surface area (Å²) < 4.78 is 14.6. The highest BCUT2D eigenvalue weighted by Gasteiger charge is 2.43. The number of hydrogen-bond acceptors (Lipinski definition) is 7. The Morgan fingerprint density at radius 3 is 2.69 bits per heavy atom. The van der Waals surface area contributed by atoms with Crippen LogP contribution in [0.25, 0.3) is 0 Å². The molecule has 0 amide bonds. The van der Waals surface area contributed by atoms with Crippen LogP contribution in [0.4, 0.5) is 0 Å². The molecule has 1 unspecified atom stereocenters. The minimum absolute atomic E-state index is 0.0577. The molecule has 3 rings (SSSR count). The molecule has 7 heteroatoms. The molecular formula is C9H7N3O4. The maximum absolute atomic E-state index is 10.4. The van der Waals surface area contributed by atoms with E-state index < -0.39 is 5.79 Å². The molecule has 0 bridgehead atoms. The lowest BCUT2D eigenvalue weighted by molar-refractivity contribution is -0.140. The summed E-state index contributed by atoms with van der Waals surface area (Å²) in [4.78, 5) is 4.06. The van der Waals surface area contributed by atoms with Gasteiger partial charge in [0, 0.05) is 0 Å². The molecule has 16 heavy (non-hydrogen) atoms. The van der Waals surface area contributed by atoms with Crippen LogP contribution in [0.3, 0.4) is 0 Å². The number of rotatable bonds is 2. The van der Waals surface area contributed by atoms with E-state index in [-0.39, 0.29) is 6.73 Å². The van der Waals surface area contributed by atoms with E-state index in [1.165, 1.54) is 24.9 Å². The predicted octanol–water partition coefficient (Wildman–Crippen LogP) is 0.285. The van der Waals surface area contributed by atoms with Crippen molar-refractivity contribution in [2.45, 2.75) is 5.79 Å². The summed E-state index contributed by atoms with van der Waals surface area (Å²) in [5.74, 6) is -1.65. The second kappa shape index (κ2) is 3.26. The first-order chi connectivity index (χ1) is 7.81. The van der Waals surface area contributed by atoms with Gasteiger partial charge >= 0.3 is 0 Å². The number of nitrogens with zero attached hydrogens (tertiary/aromatic N) is 3. The fourth-order valence-corrected chi connectivity index (χ4v) is 1.57. The number of aromatic nitrogens is 2. The molecule has 1 aliphatic rings. The van der Waals surface area contributed by atoms with Crippen molar-refractivity contribution in [2.24, 2.45) is 4.99 Å². The van der Waals surface area contributed by atoms with Crippen LogP contribution in [-0.4, -0.2) is 27.9 Å². The van der Waals surface area contributed by atoms with Gasteiger partial charge in [-0.15, -0.1) is 0 Å². The molecular weight excluding hydrogens is 214 g/mol. The Labute approximate surface area is 89.3 Å². The van der Waals surface area contributed by atoms with Gasteiger partial charge in [-0.25, -0.2) is 0 Å². The van der Waals surface area contributed by atoms with Gasteiger partial charge in [0.05, 0.1) is 23.5 Å². The largest absolute Gasteiger partial charge is 0.364 e.